The van der Waals surface area contributed by atoms with Crippen molar-refractivity contribution in [3.63, 3.8) is 0 Å². The quantitative estimate of drug-likeness (QED) is 0.613. The summed E-state index contributed by atoms with van der Waals surface area (Å²) in [6, 6.07) is 0. The summed E-state index contributed by atoms with van der Waals surface area (Å²) >= 11 is 0. The molecule has 16 heavy (non-hydrogen) atoms. The van der Waals surface area contributed by atoms with Crippen LogP contribution in [0.15, 0.2) is 11.6 Å². The second kappa shape index (κ2) is 2.80. The van der Waals surface area contributed by atoms with Gasteiger partial charge < -0.3 is 0 Å². The second-order valence-corrected chi connectivity index (χ2v) is 7.05. The van der Waals surface area contributed by atoms with E-state index in [0.29, 0.717) is 22.2 Å². The largest absolute Gasteiger partial charge is 0.298 e. The fourth-order valence-electron chi connectivity index (χ4n) is 5.16. The minimum Gasteiger partial charge on any atom is -0.298 e. The van der Waals surface area contributed by atoms with Crippen LogP contribution in [0.4, 0.5) is 0 Å². The van der Waals surface area contributed by atoms with Crippen molar-refractivity contribution < 1.29 is 4.79 Å². The molecule has 3 aliphatic carbocycles. The van der Waals surface area contributed by atoms with Crippen LogP contribution in [0.5, 0.6) is 0 Å². The normalized spacial score (nSPS) is 48.7. The van der Waals surface area contributed by atoms with Crippen molar-refractivity contribution >= 4 is 6.29 Å². The summed E-state index contributed by atoms with van der Waals surface area (Å²) in [6.07, 6.45) is 9.79. The maximum Gasteiger partial charge on any atom is 0.146 e. The number of rotatable bonds is 1. The van der Waals surface area contributed by atoms with Crippen LogP contribution in [0.2, 0.25) is 0 Å². The van der Waals surface area contributed by atoms with Crippen LogP contribution in [0.25, 0.3) is 0 Å². The highest BCUT2D eigenvalue weighted by molar-refractivity contribution is 5.76. The molecule has 3 rings (SSSR count). The summed E-state index contributed by atoms with van der Waals surface area (Å²) < 4.78 is 0. The van der Waals surface area contributed by atoms with E-state index in [-0.39, 0.29) is 0 Å². The molecule has 0 radical (unpaired) electrons. The first-order valence-corrected chi connectivity index (χ1v) is 6.62. The Kier molecular flexibility index (Phi) is 1.85. The molecule has 0 saturated heterocycles. The van der Waals surface area contributed by atoms with Crippen LogP contribution < -0.4 is 0 Å². The van der Waals surface area contributed by atoms with Gasteiger partial charge in [-0.1, -0.05) is 33.3 Å². The summed E-state index contributed by atoms with van der Waals surface area (Å²) in [5.74, 6) is 0.582. The lowest BCUT2D eigenvalue weighted by Crippen LogP contribution is -2.46. The molecule has 0 N–H and O–H groups in total. The van der Waals surface area contributed by atoms with Crippen molar-refractivity contribution in [2.75, 3.05) is 0 Å². The molecule has 2 fully saturated rings. The maximum absolute atomic E-state index is 11.1. The number of carbonyl (C=O) groups excluding carboxylic acids is 1. The first-order chi connectivity index (χ1) is 7.47. The molecule has 3 atom stereocenters. The lowest BCUT2D eigenvalue weighted by atomic mass is 9.50. The predicted octanol–water partition coefficient (Wildman–Crippen LogP) is 3.74. The number of carbonyl (C=O) groups is 1. The number of hydrogen-bond acceptors (Lipinski definition) is 1. The average molecular weight is 218 g/mol. The van der Waals surface area contributed by atoms with E-state index in [1.165, 1.54) is 25.7 Å². The monoisotopic (exact) mass is 218 g/mol. The van der Waals surface area contributed by atoms with Crippen LogP contribution in [-0.2, 0) is 4.79 Å². The summed E-state index contributed by atoms with van der Waals surface area (Å²) in [5, 5.41) is 0. The van der Waals surface area contributed by atoms with E-state index in [0.717, 1.165) is 18.3 Å². The Bertz CT molecular complexity index is 379. The predicted molar refractivity (Wildman–Crippen MR) is 65.0 cm³/mol. The molecule has 0 amide bonds. The SMILES string of the molecule is CC1(C)CCCC2(C)CC=C(C=O)C3CC312. The molecule has 0 aromatic carbocycles. The smallest absolute Gasteiger partial charge is 0.146 e. The molecule has 0 aromatic heterocycles. The van der Waals surface area contributed by atoms with Gasteiger partial charge in [-0.25, -0.2) is 0 Å². The third-order valence-electron chi connectivity index (χ3n) is 6.10. The van der Waals surface area contributed by atoms with Gasteiger partial charge in [0.15, 0.2) is 0 Å². The molecule has 88 valence electrons. The standard InChI is InChI=1S/C15H22O/c1-13(2)6-4-7-14(3)8-5-11(10-16)12-9-15(12,13)14/h5,10,12H,4,6-9H2,1-3H3. The number of allylic oxidation sites excluding steroid dienone is 2. The first kappa shape index (κ1) is 10.6. The van der Waals surface area contributed by atoms with Crippen molar-refractivity contribution in [2.45, 2.75) is 52.9 Å². The first-order valence-electron chi connectivity index (χ1n) is 6.62. The summed E-state index contributed by atoms with van der Waals surface area (Å²) in [7, 11) is 0. The Morgan fingerprint density at radius 2 is 2.06 bits per heavy atom. The third kappa shape index (κ3) is 0.959. The molecule has 0 aliphatic heterocycles. The van der Waals surface area contributed by atoms with Crippen molar-refractivity contribution in [2.24, 2.45) is 22.2 Å². The summed E-state index contributed by atoms with van der Waals surface area (Å²) in [4.78, 5) is 11.1. The topological polar surface area (TPSA) is 17.1 Å². The Morgan fingerprint density at radius 1 is 1.31 bits per heavy atom. The molecule has 0 aromatic rings. The van der Waals surface area contributed by atoms with Crippen LogP contribution in [0.1, 0.15) is 52.9 Å². The van der Waals surface area contributed by atoms with Gasteiger partial charge in [-0.15, -0.1) is 0 Å². The van der Waals surface area contributed by atoms with Crippen LogP contribution in [-0.4, -0.2) is 6.29 Å². The lowest BCUT2D eigenvalue weighted by Gasteiger charge is -2.54. The van der Waals surface area contributed by atoms with Gasteiger partial charge in [0.05, 0.1) is 0 Å². The van der Waals surface area contributed by atoms with Gasteiger partial charge in [0.2, 0.25) is 0 Å². The highest BCUT2D eigenvalue weighted by Crippen LogP contribution is 2.80. The van der Waals surface area contributed by atoms with Gasteiger partial charge in [-0.2, -0.15) is 0 Å². The van der Waals surface area contributed by atoms with Gasteiger partial charge in [0.1, 0.15) is 6.29 Å². The number of hydrogen-bond donors (Lipinski definition) is 0. The molecule has 0 bridgehead atoms. The van der Waals surface area contributed by atoms with E-state index in [2.05, 4.69) is 26.8 Å². The van der Waals surface area contributed by atoms with E-state index in [1.807, 2.05) is 0 Å². The fourth-order valence-corrected chi connectivity index (χ4v) is 5.16. The zero-order valence-corrected chi connectivity index (χ0v) is 10.7. The second-order valence-electron chi connectivity index (χ2n) is 7.05. The average Bonchev–Trinajstić information content (AvgIpc) is 2.94. The van der Waals surface area contributed by atoms with Gasteiger partial charge in [0.25, 0.3) is 0 Å². The van der Waals surface area contributed by atoms with E-state index < -0.39 is 0 Å². The Labute approximate surface area is 98.3 Å². The highest BCUT2D eigenvalue weighted by Gasteiger charge is 2.73. The van der Waals surface area contributed by atoms with Gasteiger partial charge >= 0.3 is 0 Å². The highest BCUT2D eigenvalue weighted by atomic mass is 16.1. The van der Waals surface area contributed by atoms with Gasteiger partial charge in [0, 0.05) is 0 Å². The lowest BCUT2D eigenvalue weighted by molar-refractivity contribution is -0.106. The van der Waals surface area contributed by atoms with Crippen LogP contribution >= 0.6 is 0 Å². The van der Waals surface area contributed by atoms with Gasteiger partial charge in [-0.3, -0.25) is 4.79 Å². The van der Waals surface area contributed by atoms with Crippen molar-refractivity contribution in [1.29, 1.82) is 0 Å². The van der Waals surface area contributed by atoms with Crippen molar-refractivity contribution in [3.8, 4) is 0 Å². The molecular weight excluding hydrogens is 196 g/mol. The molecule has 1 spiro atoms. The van der Waals surface area contributed by atoms with Crippen LogP contribution in [0.3, 0.4) is 0 Å². The molecule has 2 saturated carbocycles. The van der Waals surface area contributed by atoms with E-state index >= 15 is 0 Å². The molecule has 0 heterocycles. The summed E-state index contributed by atoms with van der Waals surface area (Å²) in [5.41, 5.74) is 2.44. The Hall–Kier alpha value is -0.590. The van der Waals surface area contributed by atoms with E-state index in [9.17, 15) is 4.79 Å². The third-order valence-corrected chi connectivity index (χ3v) is 6.10. The molecule has 3 aliphatic rings. The molecular formula is C15H22O. The minimum absolute atomic E-state index is 0.424. The zero-order chi connectivity index (χ0) is 11.6. The van der Waals surface area contributed by atoms with Crippen molar-refractivity contribution in [3.05, 3.63) is 11.6 Å². The molecule has 1 nitrogen and oxygen atoms in total. The van der Waals surface area contributed by atoms with Crippen molar-refractivity contribution in [1.82, 2.24) is 0 Å². The summed E-state index contributed by atoms with van der Waals surface area (Å²) in [6.45, 7) is 7.32. The maximum atomic E-state index is 11.1. The van der Waals surface area contributed by atoms with E-state index in [4.69, 9.17) is 0 Å². The van der Waals surface area contributed by atoms with Crippen LogP contribution in [0, 0.1) is 22.2 Å². The van der Waals surface area contributed by atoms with Gasteiger partial charge in [-0.05, 0) is 53.4 Å². The molecule has 3 unspecified atom stereocenters. The fraction of sp³-hybridized carbons (Fsp3) is 0.800. The Morgan fingerprint density at radius 3 is 2.75 bits per heavy atom. The molecule has 1 heteroatoms. The van der Waals surface area contributed by atoms with E-state index in [1.54, 1.807) is 0 Å². The zero-order valence-electron chi connectivity index (χ0n) is 10.7. The Balaban J connectivity index is 2.09. The number of aldehydes is 1. The minimum atomic E-state index is 0.424.